The van der Waals surface area contributed by atoms with Gasteiger partial charge in [0, 0.05) is 19.3 Å². The van der Waals surface area contributed by atoms with Crippen molar-refractivity contribution < 1.29 is 48.9 Å². The Labute approximate surface area is 193 Å². The van der Waals surface area contributed by atoms with Gasteiger partial charge in [-0.3, -0.25) is 28.8 Å². The standard InChI is InChI=1S/C18H30N6O10/c19-8(7-25)15(30)22-9(1-4-12(20)26)16(31)23-10(2-5-13(21)27)17(32)24-11(18(33)34)3-6-14(28)29/h8-11,25H,1-7,19H2,(H2,20,26)(H2,21,27)(H,22,30)(H,23,31)(H,24,32)(H,28,29)(H,33,34). The molecule has 0 aromatic carbocycles. The van der Waals surface area contributed by atoms with Gasteiger partial charge in [0.15, 0.2) is 0 Å². The highest BCUT2D eigenvalue weighted by Crippen LogP contribution is 2.05. The van der Waals surface area contributed by atoms with Crippen molar-refractivity contribution in [2.75, 3.05) is 6.61 Å². The first-order valence-corrected chi connectivity index (χ1v) is 10.1. The molecule has 0 fully saturated rings. The summed E-state index contributed by atoms with van der Waals surface area (Å²) in [5.74, 6) is -7.46. The van der Waals surface area contributed by atoms with Crippen LogP contribution >= 0.6 is 0 Å². The molecule has 192 valence electrons. The first kappa shape index (κ1) is 30.2. The van der Waals surface area contributed by atoms with E-state index in [0.29, 0.717) is 0 Å². The van der Waals surface area contributed by atoms with Crippen molar-refractivity contribution in [1.82, 2.24) is 16.0 Å². The second-order valence-electron chi connectivity index (χ2n) is 7.25. The predicted octanol–water partition coefficient (Wildman–Crippen LogP) is -4.76. The van der Waals surface area contributed by atoms with Crippen LogP contribution in [0, 0.1) is 0 Å². The molecule has 0 spiro atoms. The zero-order chi connectivity index (χ0) is 26.4. The Morgan fingerprint density at radius 2 is 1.03 bits per heavy atom. The third kappa shape index (κ3) is 12.3. The number of aliphatic hydroxyl groups excluding tert-OH is 1. The molecule has 34 heavy (non-hydrogen) atoms. The molecule has 0 saturated carbocycles. The Balaban J connectivity index is 5.59. The van der Waals surface area contributed by atoms with E-state index in [9.17, 15) is 38.7 Å². The largest absolute Gasteiger partial charge is 0.481 e. The summed E-state index contributed by atoms with van der Waals surface area (Å²) in [6.07, 6.45) is -2.42. The molecule has 0 aliphatic heterocycles. The topological polar surface area (TPSA) is 294 Å². The summed E-state index contributed by atoms with van der Waals surface area (Å²) in [6.45, 7) is -0.743. The van der Waals surface area contributed by atoms with E-state index in [-0.39, 0.29) is 25.7 Å². The van der Waals surface area contributed by atoms with Gasteiger partial charge in [-0.05, 0) is 19.3 Å². The number of carboxylic acids is 2. The number of nitrogens with one attached hydrogen (secondary N) is 3. The predicted molar refractivity (Wildman–Crippen MR) is 112 cm³/mol. The van der Waals surface area contributed by atoms with E-state index >= 15 is 0 Å². The number of carbonyl (C=O) groups is 7. The van der Waals surface area contributed by atoms with Crippen LogP contribution in [-0.2, 0) is 33.6 Å². The van der Waals surface area contributed by atoms with Crippen molar-refractivity contribution in [1.29, 1.82) is 0 Å². The molecule has 0 aromatic heterocycles. The first-order chi connectivity index (χ1) is 15.8. The van der Waals surface area contributed by atoms with Crippen molar-refractivity contribution >= 4 is 41.5 Å². The zero-order valence-electron chi connectivity index (χ0n) is 18.2. The minimum absolute atomic E-state index is 0.300. The summed E-state index contributed by atoms with van der Waals surface area (Å²) in [4.78, 5) is 81.6. The van der Waals surface area contributed by atoms with Gasteiger partial charge in [-0.1, -0.05) is 0 Å². The number of hydrogen-bond donors (Lipinski definition) is 9. The summed E-state index contributed by atoms with van der Waals surface area (Å²) < 4.78 is 0. The lowest BCUT2D eigenvalue weighted by Crippen LogP contribution is -2.57. The van der Waals surface area contributed by atoms with Crippen LogP contribution in [0.25, 0.3) is 0 Å². The zero-order valence-corrected chi connectivity index (χ0v) is 18.2. The summed E-state index contributed by atoms with van der Waals surface area (Å²) in [7, 11) is 0. The Kier molecular flexibility index (Phi) is 13.4. The van der Waals surface area contributed by atoms with Gasteiger partial charge < -0.3 is 48.5 Å². The highest BCUT2D eigenvalue weighted by molar-refractivity contribution is 5.94. The number of primary amides is 2. The van der Waals surface area contributed by atoms with Gasteiger partial charge in [0.2, 0.25) is 29.5 Å². The minimum Gasteiger partial charge on any atom is -0.481 e. The summed E-state index contributed by atoms with van der Waals surface area (Å²) in [6, 6.07) is -5.93. The molecule has 0 saturated heterocycles. The number of carboxylic acid groups (broad SMARTS) is 2. The highest BCUT2D eigenvalue weighted by Gasteiger charge is 2.30. The van der Waals surface area contributed by atoms with E-state index in [1.165, 1.54) is 0 Å². The van der Waals surface area contributed by atoms with Crippen LogP contribution in [0.1, 0.15) is 38.5 Å². The molecular formula is C18H30N6O10. The Bertz CT molecular complexity index is 789. The number of carbonyl (C=O) groups excluding carboxylic acids is 5. The molecule has 0 aromatic rings. The van der Waals surface area contributed by atoms with Gasteiger partial charge in [-0.15, -0.1) is 0 Å². The van der Waals surface area contributed by atoms with Gasteiger partial charge >= 0.3 is 11.9 Å². The fraction of sp³-hybridized carbons (Fsp3) is 0.611. The lowest BCUT2D eigenvalue weighted by molar-refractivity contribution is -0.143. The third-order valence-corrected chi connectivity index (χ3v) is 4.42. The molecule has 0 aliphatic rings. The second kappa shape index (κ2) is 15.1. The van der Waals surface area contributed by atoms with Crippen LogP contribution in [0.3, 0.4) is 0 Å². The number of aliphatic hydroxyl groups is 1. The Morgan fingerprint density at radius 3 is 1.38 bits per heavy atom. The van der Waals surface area contributed by atoms with E-state index in [4.69, 9.17) is 27.4 Å². The van der Waals surface area contributed by atoms with E-state index in [1.807, 2.05) is 0 Å². The molecule has 0 radical (unpaired) electrons. The maximum absolute atomic E-state index is 12.7. The monoisotopic (exact) mass is 490 g/mol. The van der Waals surface area contributed by atoms with Crippen LogP contribution < -0.4 is 33.2 Å². The molecule has 0 rings (SSSR count). The summed E-state index contributed by atoms with van der Waals surface area (Å²) >= 11 is 0. The third-order valence-electron chi connectivity index (χ3n) is 4.42. The maximum atomic E-state index is 12.7. The van der Waals surface area contributed by atoms with Gasteiger partial charge in [0.05, 0.1) is 6.61 Å². The fourth-order valence-electron chi connectivity index (χ4n) is 2.54. The number of aliphatic carboxylic acids is 2. The minimum atomic E-state index is -1.61. The van der Waals surface area contributed by atoms with Crippen LogP contribution in [-0.4, -0.2) is 87.6 Å². The molecule has 4 atom stereocenters. The Morgan fingerprint density at radius 1 is 0.647 bits per heavy atom. The Hall–Kier alpha value is -3.79. The molecule has 16 heteroatoms. The molecule has 5 amide bonds. The lowest BCUT2D eigenvalue weighted by Gasteiger charge is -2.24. The number of amides is 5. The van der Waals surface area contributed by atoms with E-state index < -0.39 is 85.1 Å². The van der Waals surface area contributed by atoms with Crippen molar-refractivity contribution in [3.63, 3.8) is 0 Å². The summed E-state index contributed by atoms with van der Waals surface area (Å²) in [5, 5.41) is 33.4. The highest BCUT2D eigenvalue weighted by atomic mass is 16.4. The maximum Gasteiger partial charge on any atom is 0.326 e. The van der Waals surface area contributed by atoms with Crippen molar-refractivity contribution in [3.8, 4) is 0 Å². The van der Waals surface area contributed by atoms with Gasteiger partial charge in [-0.25, -0.2) is 4.79 Å². The van der Waals surface area contributed by atoms with E-state index in [1.54, 1.807) is 0 Å². The van der Waals surface area contributed by atoms with Crippen molar-refractivity contribution in [2.45, 2.75) is 62.7 Å². The number of hydrogen-bond acceptors (Lipinski definition) is 9. The lowest BCUT2D eigenvalue weighted by atomic mass is 10.1. The van der Waals surface area contributed by atoms with E-state index in [2.05, 4.69) is 16.0 Å². The SMILES string of the molecule is NC(=O)CCC(NC(=O)C(N)CO)C(=O)NC(CCC(N)=O)C(=O)NC(CCC(=O)O)C(=O)O. The van der Waals surface area contributed by atoms with Crippen molar-refractivity contribution in [3.05, 3.63) is 0 Å². The molecule has 4 unspecified atom stereocenters. The van der Waals surface area contributed by atoms with Crippen molar-refractivity contribution in [2.24, 2.45) is 17.2 Å². The molecule has 12 N–H and O–H groups in total. The average Bonchev–Trinajstić information content (AvgIpc) is 2.74. The molecular weight excluding hydrogens is 460 g/mol. The smallest absolute Gasteiger partial charge is 0.326 e. The number of rotatable bonds is 17. The quantitative estimate of drug-likeness (QED) is 0.0932. The van der Waals surface area contributed by atoms with Gasteiger partial charge in [-0.2, -0.15) is 0 Å². The van der Waals surface area contributed by atoms with Crippen LogP contribution in [0.4, 0.5) is 0 Å². The molecule has 0 aliphatic carbocycles. The average molecular weight is 490 g/mol. The normalized spacial score (nSPS) is 14.1. The van der Waals surface area contributed by atoms with Crippen LogP contribution in [0.5, 0.6) is 0 Å². The fourth-order valence-corrected chi connectivity index (χ4v) is 2.54. The van der Waals surface area contributed by atoms with Gasteiger partial charge in [0.25, 0.3) is 0 Å². The molecule has 0 heterocycles. The van der Waals surface area contributed by atoms with Crippen LogP contribution in [0.15, 0.2) is 0 Å². The second-order valence-corrected chi connectivity index (χ2v) is 7.25. The first-order valence-electron chi connectivity index (χ1n) is 10.1. The van der Waals surface area contributed by atoms with Crippen LogP contribution in [0.2, 0.25) is 0 Å². The summed E-state index contributed by atoms with van der Waals surface area (Å²) in [5.41, 5.74) is 15.5. The van der Waals surface area contributed by atoms with Gasteiger partial charge in [0.1, 0.15) is 24.2 Å². The molecule has 0 bridgehead atoms. The van der Waals surface area contributed by atoms with E-state index in [0.717, 1.165) is 0 Å². The molecule has 16 nitrogen and oxygen atoms in total. The number of nitrogens with two attached hydrogens (primary N) is 3.